The van der Waals surface area contributed by atoms with Gasteiger partial charge in [0.15, 0.2) is 0 Å². The lowest BCUT2D eigenvalue weighted by Crippen LogP contribution is -2.31. The fourth-order valence-electron chi connectivity index (χ4n) is 2.82. The van der Waals surface area contributed by atoms with E-state index in [2.05, 4.69) is 37.9 Å². The van der Waals surface area contributed by atoms with Gasteiger partial charge in [-0.25, -0.2) is 4.39 Å². The van der Waals surface area contributed by atoms with Crippen molar-refractivity contribution in [2.75, 3.05) is 39.4 Å². The molecule has 0 heterocycles. The quantitative estimate of drug-likeness (QED) is 0.586. The number of nitrogens with one attached hydrogen (secondary N) is 1. The van der Waals surface area contributed by atoms with E-state index in [1.54, 1.807) is 12.1 Å². The van der Waals surface area contributed by atoms with Gasteiger partial charge in [0.1, 0.15) is 5.82 Å². The Morgan fingerprint density at radius 3 is 2.36 bits per heavy atom. The van der Waals surface area contributed by atoms with Crippen LogP contribution >= 0.6 is 0 Å². The Morgan fingerprint density at radius 2 is 1.80 bits per heavy atom. The van der Waals surface area contributed by atoms with E-state index in [0.29, 0.717) is 32.1 Å². The van der Waals surface area contributed by atoms with Gasteiger partial charge in [0.2, 0.25) is 5.91 Å². The number of carbonyl (C=O) groups is 1. The number of ether oxygens (including phenoxy) is 1. The monoisotopic (exact) mass is 352 g/mol. The molecule has 25 heavy (non-hydrogen) atoms. The first kappa shape index (κ1) is 21.6. The maximum Gasteiger partial charge on any atom is 0.220 e. The zero-order chi connectivity index (χ0) is 18.7. The number of nitrogens with zero attached hydrogens (tertiary/aromatic N) is 1. The molecule has 1 N–H and O–H groups in total. The molecule has 1 atom stereocenters. The van der Waals surface area contributed by atoms with Gasteiger partial charge in [0, 0.05) is 19.5 Å². The SMILES string of the molecule is CCN(CC)CCOCCNC(=O)CC(c1ccc(F)cc1)C(C)C. The first-order chi connectivity index (χ1) is 12.0. The minimum Gasteiger partial charge on any atom is -0.378 e. The predicted octanol–water partition coefficient (Wildman–Crippen LogP) is 3.43. The Labute approximate surface area is 151 Å². The van der Waals surface area contributed by atoms with Crippen molar-refractivity contribution < 1.29 is 13.9 Å². The maximum atomic E-state index is 13.1. The standard InChI is InChI=1S/C20H33FN2O2/c1-5-23(6-2)12-14-25-13-11-22-20(24)15-19(16(3)4)17-7-9-18(21)10-8-17/h7-10,16,19H,5-6,11-15H2,1-4H3,(H,22,24). The highest BCUT2D eigenvalue weighted by molar-refractivity contribution is 5.76. The molecular formula is C20H33FN2O2. The van der Waals surface area contributed by atoms with Crippen LogP contribution in [0, 0.1) is 11.7 Å². The molecule has 1 unspecified atom stereocenters. The topological polar surface area (TPSA) is 41.6 Å². The third-order valence-corrected chi connectivity index (χ3v) is 4.52. The number of halogens is 1. The molecule has 0 aliphatic heterocycles. The van der Waals surface area contributed by atoms with Gasteiger partial charge in [0.25, 0.3) is 0 Å². The largest absolute Gasteiger partial charge is 0.378 e. The summed E-state index contributed by atoms with van der Waals surface area (Å²) < 4.78 is 18.7. The Bertz CT molecular complexity index is 487. The molecule has 1 aromatic rings. The number of hydrogen-bond acceptors (Lipinski definition) is 3. The second-order valence-corrected chi connectivity index (χ2v) is 6.60. The normalized spacial score (nSPS) is 12.6. The Balaban J connectivity index is 2.30. The molecule has 4 nitrogen and oxygen atoms in total. The molecule has 0 saturated heterocycles. The van der Waals surface area contributed by atoms with E-state index in [-0.39, 0.29) is 17.6 Å². The number of hydrogen-bond donors (Lipinski definition) is 1. The van der Waals surface area contributed by atoms with Gasteiger partial charge < -0.3 is 15.0 Å². The smallest absolute Gasteiger partial charge is 0.220 e. The molecule has 0 aliphatic carbocycles. The number of amides is 1. The fourth-order valence-corrected chi connectivity index (χ4v) is 2.82. The molecule has 5 heteroatoms. The van der Waals surface area contributed by atoms with Crippen molar-refractivity contribution in [3.63, 3.8) is 0 Å². The predicted molar refractivity (Wildman–Crippen MR) is 100 cm³/mol. The van der Waals surface area contributed by atoms with E-state index in [0.717, 1.165) is 25.2 Å². The third-order valence-electron chi connectivity index (χ3n) is 4.52. The summed E-state index contributed by atoms with van der Waals surface area (Å²) in [6.45, 7) is 13.1. The van der Waals surface area contributed by atoms with Crippen LogP contribution in [0.3, 0.4) is 0 Å². The van der Waals surface area contributed by atoms with Crippen LogP contribution in [0.5, 0.6) is 0 Å². The summed E-state index contributed by atoms with van der Waals surface area (Å²) in [6, 6.07) is 6.44. The van der Waals surface area contributed by atoms with Gasteiger partial charge in [-0.05, 0) is 42.6 Å². The Morgan fingerprint density at radius 1 is 1.16 bits per heavy atom. The molecular weight excluding hydrogens is 319 g/mol. The van der Waals surface area contributed by atoms with Crippen molar-refractivity contribution in [1.82, 2.24) is 10.2 Å². The lowest BCUT2D eigenvalue weighted by atomic mass is 9.85. The van der Waals surface area contributed by atoms with E-state index in [9.17, 15) is 9.18 Å². The Kier molecular flexibility index (Phi) is 10.3. The number of benzene rings is 1. The first-order valence-electron chi connectivity index (χ1n) is 9.30. The summed E-state index contributed by atoms with van der Waals surface area (Å²) in [5.41, 5.74) is 1.00. The van der Waals surface area contributed by atoms with Crippen LogP contribution in [0.25, 0.3) is 0 Å². The number of carbonyl (C=O) groups excluding carboxylic acids is 1. The average molecular weight is 352 g/mol. The van der Waals surface area contributed by atoms with Crippen molar-refractivity contribution in [2.45, 2.75) is 40.0 Å². The zero-order valence-electron chi connectivity index (χ0n) is 16.1. The van der Waals surface area contributed by atoms with E-state index in [1.807, 2.05) is 0 Å². The lowest BCUT2D eigenvalue weighted by Gasteiger charge is -2.21. The van der Waals surface area contributed by atoms with E-state index in [4.69, 9.17) is 4.74 Å². The molecule has 142 valence electrons. The van der Waals surface area contributed by atoms with Crippen LogP contribution in [0.15, 0.2) is 24.3 Å². The van der Waals surface area contributed by atoms with Crippen molar-refractivity contribution in [3.8, 4) is 0 Å². The van der Waals surface area contributed by atoms with Crippen LogP contribution < -0.4 is 5.32 Å². The second kappa shape index (κ2) is 12.0. The van der Waals surface area contributed by atoms with Gasteiger partial charge in [0.05, 0.1) is 13.2 Å². The second-order valence-electron chi connectivity index (χ2n) is 6.60. The molecule has 1 rings (SSSR count). The van der Waals surface area contributed by atoms with E-state index < -0.39 is 0 Å². The van der Waals surface area contributed by atoms with Crippen LogP contribution in [0.1, 0.15) is 45.6 Å². The molecule has 0 spiro atoms. The van der Waals surface area contributed by atoms with Gasteiger partial charge in [-0.3, -0.25) is 4.79 Å². The van der Waals surface area contributed by atoms with Crippen molar-refractivity contribution >= 4 is 5.91 Å². The van der Waals surface area contributed by atoms with Gasteiger partial charge in [-0.2, -0.15) is 0 Å². The van der Waals surface area contributed by atoms with Crippen LogP contribution in [-0.2, 0) is 9.53 Å². The molecule has 0 saturated carbocycles. The van der Waals surface area contributed by atoms with Gasteiger partial charge >= 0.3 is 0 Å². The molecule has 0 aliphatic rings. The molecule has 1 amide bonds. The van der Waals surface area contributed by atoms with E-state index in [1.165, 1.54) is 12.1 Å². The van der Waals surface area contributed by atoms with Crippen LogP contribution in [0.4, 0.5) is 4.39 Å². The van der Waals surface area contributed by atoms with Gasteiger partial charge in [-0.15, -0.1) is 0 Å². The summed E-state index contributed by atoms with van der Waals surface area (Å²) in [5, 5.41) is 2.91. The summed E-state index contributed by atoms with van der Waals surface area (Å²) in [5.74, 6) is 0.152. The fraction of sp³-hybridized carbons (Fsp3) is 0.650. The molecule has 0 bridgehead atoms. The minimum absolute atomic E-state index is 0.00960. The summed E-state index contributed by atoms with van der Waals surface area (Å²) in [4.78, 5) is 14.5. The van der Waals surface area contributed by atoms with Crippen molar-refractivity contribution in [1.29, 1.82) is 0 Å². The molecule has 0 fully saturated rings. The first-order valence-corrected chi connectivity index (χ1v) is 9.30. The summed E-state index contributed by atoms with van der Waals surface area (Å²) >= 11 is 0. The van der Waals surface area contributed by atoms with E-state index >= 15 is 0 Å². The Hall–Kier alpha value is -1.46. The van der Waals surface area contributed by atoms with Crippen LogP contribution in [-0.4, -0.2) is 50.2 Å². The number of rotatable bonds is 12. The maximum absolute atomic E-state index is 13.1. The third kappa shape index (κ3) is 8.45. The molecule has 0 aromatic heterocycles. The summed E-state index contributed by atoms with van der Waals surface area (Å²) in [7, 11) is 0. The van der Waals surface area contributed by atoms with Gasteiger partial charge in [-0.1, -0.05) is 39.8 Å². The number of likely N-dealkylation sites (N-methyl/N-ethyl adjacent to an activating group) is 1. The van der Waals surface area contributed by atoms with Crippen LogP contribution in [0.2, 0.25) is 0 Å². The average Bonchev–Trinajstić information content (AvgIpc) is 2.60. The zero-order valence-corrected chi connectivity index (χ0v) is 16.1. The highest BCUT2D eigenvalue weighted by atomic mass is 19.1. The summed E-state index contributed by atoms with van der Waals surface area (Å²) in [6.07, 6.45) is 0.406. The minimum atomic E-state index is -0.252. The lowest BCUT2D eigenvalue weighted by molar-refractivity contribution is -0.121. The van der Waals surface area contributed by atoms with Crippen molar-refractivity contribution in [2.24, 2.45) is 5.92 Å². The highest BCUT2D eigenvalue weighted by Gasteiger charge is 2.19. The highest BCUT2D eigenvalue weighted by Crippen LogP contribution is 2.27. The molecule has 1 aromatic carbocycles. The van der Waals surface area contributed by atoms with Crippen molar-refractivity contribution in [3.05, 3.63) is 35.6 Å². The molecule has 0 radical (unpaired) electrons.